The molecule has 3 rings (SSSR count). The Morgan fingerprint density at radius 2 is 1.97 bits per heavy atom. The summed E-state index contributed by atoms with van der Waals surface area (Å²) >= 11 is 0. The van der Waals surface area contributed by atoms with Crippen LogP contribution >= 0.6 is 0 Å². The molecule has 0 atom stereocenters. The van der Waals surface area contributed by atoms with Gasteiger partial charge in [-0.15, -0.1) is 0 Å². The maximum Gasteiger partial charge on any atom is 0.293 e. The van der Waals surface area contributed by atoms with Crippen LogP contribution in [0.15, 0.2) is 18.2 Å². The van der Waals surface area contributed by atoms with Gasteiger partial charge in [-0.05, 0) is 50.5 Å². The van der Waals surface area contributed by atoms with Crippen LogP contribution in [0.1, 0.15) is 50.5 Å². The number of halogens is 1. The van der Waals surface area contributed by atoms with E-state index >= 15 is 0 Å². The number of nitrogens with zero attached hydrogens (tertiary/aromatic N) is 2. The molecule has 2 amide bonds. The third kappa shape index (κ3) is 4.65. The molecule has 1 fully saturated rings. The fourth-order valence-corrected chi connectivity index (χ4v) is 3.25. The average Bonchev–Trinajstić information content (AvgIpc) is 3.53. The van der Waals surface area contributed by atoms with Gasteiger partial charge >= 0.3 is 0 Å². The molecule has 8 heteroatoms. The Morgan fingerprint density at radius 1 is 1.26 bits per heavy atom. The summed E-state index contributed by atoms with van der Waals surface area (Å²) in [6.45, 7) is 3.31. The minimum atomic E-state index is -0.786. The quantitative estimate of drug-likeness (QED) is 0.441. The van der Waals surface area contributed by atoms with Crippen molar-refractivity contribution >= 4 is 23.3 Å². The first-order valence-electron chi connectivity index (χ1n) is 9.72. The minimum absolute atomic E-state index is 0.0884. The van der Waals surface area contributed by atoms with Crippen molar-refractivity contribution in [3.8, 4) is 17.9 Å². The van der Waals surface area contributed by atoms with Crippen LogP contribution < -0.4 is 10.6 Å². The fraction of sp³-hybridized carbons (Fsp3) is 0.304. The van der Waals surface area contributed by atoms with Crippen LogP contribution in [-0.4, -0.2) is 28.7 Å². The van der Waals surface area contributed by atoms with E-state index in [-0.39, 0.29) is 29.1 Å². The number of carbonyl (C=O) groups excluding carboxylic acids is 3. The van der Waals surface area contributed by atoms with Crippen molar-refractivity contribution in [2.45, 2.75) is 26.7 Å². The molecule has 0 unspecified atom stereocenters. The standard InChI is InChI=1S/C23H21FN4O3/c1-13-19(21(29)23(31)26-10-4-5-15-6-7-15)14(2)28(3)20(13)22(30)27-17-8-9-18(24)16(11-17)12-25/h8-9,11,15H,6-7,10H2,1-3H3,(H,26,31)(H,27,30). The summed E-state index contributed by atoms with van der Waals surface area (Å²) < 4.78 is 15.0. The number of Topliss-reactive ketones (excluding diaryl/α,β-unsaturated/α-hetero) is 1. The highest BCUT2D eigenvalue weighted by Crippen LogP contribution is 2.27. The maximum atomic E-state index is 13.5. The van der Waals surface area contributed by atoms with Crippen LogP contribution in [0.2, 0.25) is 0 Å². The second kappa shape index (κ2) is 8.85. The third-order valence-electron chi connectivity index (χ3n) is 5.14. The molecular formula is C23H21FN4O3. The Morgan fingerprint density at radius 3 is 2.61 bits per heavy atom. The first-order chi connectivity index (χ1) is 14.7. The van der Waals surface area contributed by atoms with Gasteiger partial charge in [0.1, 0.15) is 17.6 Å². The molecule has 1 aliphatic carbocycles. The topological polar surface area (TPSA) is 104 Å². The van der Waals surface area contributed by atoms with Crippen LogP contribution in [0, 0.1) is 48.8 Å². The number of ketones is 1. The molecule has 7 nitrogen and oxygen atoms in total. The lowest BCUT2D eigenvalue weighted by Gasteiger charge is -2.08. The summed E-state index contributed by atoms with van der Waals surface area (Å²) in [5, 5.41) is 14.0. The normalized spacial score (nSPS) is 12.4. The maximum absolute atomic E-state index is 13.5. The summed E-state index contributed by atoms with van der Waals surface area (Å²) in [6, 6.07) is 5.36. The van der Waals surface area contributed by atoms with E-state index < -0.39 is 23.4 Å². The Kier molecular flexibility index (Phi) is 6.22. The minimum Gasteiger partial charge on any atom is -0.343 e. The zero-order valence-corrected chi connectivity index (χ0v) is 17.4. The van der Waals surface area contributed by atoms with E-state index in [1.54, 1.807) is 27.0 Å². The summed E-state index contributed by atoms with van der Waals surface area (Å²) in [4.78, 5) is 37.8. The molecule has 0 radical (unpaired) electrons. The van der Waals surface area contributed by atoms with E-state index in [4.69, 9.17) is 5.26 Å². The van der Waals surface area contributed by atoms with Gasteiger partial charge in [-0.3, -0.25) is 14.4 Å². The Hall–Kier alpha value is -3.91. The number of rotatable bonds is 5. The predicted molar refractivity (Wildman–Crippen MR) is 112 cm³/mol. The van der Waals surface area contributed by atoms with Crippen molar-refractivity contribution in [2.75, 3.05) is 11.9 Å². The number of benzene rings is 1. The van der Waals surface area contributed by atoms with E-state index in [1.165, 1.54) is 16.7 Å². The molecule has 1 aliphatic rings. The van der Waals surface area contributed by atoms with E-state index in [0.29, 0.717) is 17.2 Å². The van der Waals surface area contributed by atoms with Gasteiger partial charge in [0, 0.05) is 24.3 Å². The Labute approximate surface area is 179 Å². The number of nitrogens with one attached hydrogen (secondary N) is 2. The van der Waals surface area contributed by atoms with Gasteiger partial charge in [-0.2, -0.15) is 5.26 Å². The molecule has 31 heavy (non-hydrogen) atoms. The lowest BCUT2D eigenvalue weighted by molar-refractivity contribution is -0.116. The Bertz CT molecular complexity index is 1190. The molecule has 2 N–H and O–H groups in total. The zero-order valence-electron chi connectivity index (χ0n) is 17.4. The van der Waals surface area contributed by atoms with E-state index in [1.807, 2.05) is 0 Å². The number of nitriles is 1. The van der Waals surface area contributed by atoms with Gasteiger partial charge in [-0.1, -0.05) is 11.8 Å². The number of amides is 2. The molecular weight excluding hydrogens is 399 g/mol. The first-order valence-corrected chi connectivity index (χ1v) is 9.72. The van der Waals surface area contributed by atoms with Gasteiger partial charge in [-0.25, -0.2) is 4.39 Å². The third-order valence-corrected chi connectivity index (χ3v) is 5.14. The first kappa shape index (κ1) is 21.8. The van der Waals surface area contributed by atoms with Crippen LogP contribution in [0.3, 0.4) is 0 Å². The fourth-order valence-electron chi connectivity index (χ4n) is 3.25. The van der Waals surface area contributed by atoms with E-state index in [0.717, 1.165) is 18.9 Å². The van der Waals surface area contributed by atoms with Gasteiger partial charge in [0.15, 0.2) is 0 Å². The number of anilines is 1. The SMILES string of the molecule is Cc1c(C(=O)C(=O)NCC#CC2CC2)c(C)n(C)c1C(=O)Nc1ccc(F)c(C#N)c1. The number of hydrogen-bond donors (Lipinski definition) is 2. The van der Waals surface area contributed by atoms with Crippen molar-refractivity contribution in [3.05, 3.63) is 52.1 Å². The number of aromatic nitrogens is 1. The van der Waals surface area contributed by atoms with Gasteiger partial charge in [0.2, 0.25) is 0 Å². The average molecular weight is 420 g/mol. The van der Waals surface area contributed by atoms with E-state index in [2.05, 4.69) is 22.5 Å². The van der Waals surface area contributed by atoms with Crippen LogP contribution in [0.4, 0.5) is 10.1 Å². The van der Waals surface area contributed by atoms with Gasteiger partial charge in [0.05, 0.1) is 17.7 Å². The predicted octanol–water partition coefficient (Wildman–Crippen LogP) is 2.62. The molecule has 1 saturated carbocycles. The second-order valence-corrected chi connectivity index (χ2v) is 7.36. The highest BCUT2D eigenvalue weighted by Gasteiger charge is 2.28. The van der Waals surface area contributed by atoms with Gasteiger partial charge < -0.3 is 15.2 Å². The van der Waals surface area contributed by atoms with Gasteiger partial charge in [0.25, 0.3) is 17.6 Å². The molecule has 0 saturated heterocycles. The summed E-state index contributed by atoms with van der Waals surface area (Å²) in [7, 11) is 1.61. The molecule has 0 aliphatic heterocycles. The van der Waals surface area contributed by atoms with Crippen molar-refractivity contribution in [1.29, 1.82) is 5.26 Å². The monoisotopic (exact) mass is 420 g/mol. The van der Waals surface area contributed by atoms with Crippen molar-refractivity contribution in [2.24, 2.45) is 13.0 Å². The second-order valence-electron chi connectivity index (χ2n) is 7.36. The summed E-state index contributed by atoms with van der Waals surface area (Å²) in [6.07, 6.45) is 2.14. The highest BCUT2D eigenvalue weighted by molar-refractivity contribution is 6.43. The summed E-state index contributed by atoms with van der Waals surface area (Å²) in [5.41, 5.74) is 1.19. The number of carbonyl (C=O) groups is 3. The van der Waals surface area contributed by atoms with Crippen molar-refractivity contribution in [3.63, 3.8) is 0 Å². The van der Waals surface area contributed by atoms with Crippen LogP contribution in [0.5, 0.6) is 0 Å². The van der Waals surface area contributed by atoms with Crippen molar-refractivity contribution < 1.29 is 18.8 Å². The lowest BCUT2D eigenvalue weighted by Crippen LogP contribution is -2.32. The van der Waals surface area contributed by atoms with Crippen molar-refractivity contribution in [1.82, 2.24) is 9.88 Å². The Balaban J connectivity index is 1.80. The highest BCUT2D eigenvalue weighted by atomic mass is 19.1. The smallest absolute Gasteiger partial charge is 0.293 e. The molecule has 0 bridgehead atoms. The van der Waals surface area contributed by atoms with Crippen LogP contribution in [-0.2, 0) is 11.8 Å². The summed E-state index contributed by atoms with van der Waals surface area (Å²) in [5.74, 6) is 3.47. The molecule has 1 heterocycles. The largest absolute Gasteiger partial charge is 0.343 e. The molecule has 2 aromatic rings. The van der Waals surface area contributed by atoms with E-state index in [9.17, 15) is 18.8 Å². The molecule has 0 spiro atoms. The lowest BCUT2D eigenvalue weighted by atomic mass is 10.0. The zero-order chi connectivity index (χ0) is 22.7. The molecule has 158 valence electrons. The number of hydrogen-bond acceptors (Lipinski definition) is 4. The molecule has 1 aromatic carbocycles. The van der Waals surface area contributed by atoms with Crippen LogP contribution in [0.25, 0.3) is 0 Å². The molecule has 1 aromatic heterocycles.